The minimum Gasteiger partial charge on any atom is -0.351 e. The lowest BCUT2D eigenvalue weighted by atomic mass is 10.1. The van der Waals surface area contributed by atoms with Crippen LogP contribution in [0, 0.1) is 11.6 Å². The summed E-state index contributed by atoms with van der Waals surface area (Å²) in [7, 11) is 0. The number of amides is 2. The molecule has 0 spiro atoms. The number of anilines is 1. The summed E-state index contributed by atoms with van der Waals surface area (Å²) in [5, 5.41) is 4.94. The molecular weight excluding hydrogens is 254 g/mol. The summed E-state index contributed by atoms with van der Waals surface area (Å²) in [4.78, 5) is 23.0. The predicted molar refractivity (Wildman–Crippen MR) is 67.5 cm³/mol. The molecule has 0 bridgehead atoms. The third kappa shape index (κ3) is 5.46. The molecule has 0 heterocycles. The van der Waals surface area contributed by atoms with Crippen molar-refractivity contribution in [2.45, 2.75) is 32.7 Å². The Morgan fingerprint density at radius 1 is 1.11 bits per heavy atom. The van der Waals surface area contributed by atoms with Crippen molar-refractivity contribution >= 4 is 17.5 Å². The van der Waals surface area contributed by atoms with E-state index in [1.54, 1.807) is 20.8 Å². The van der Waals surface area contributed by atoms with E-state index in [9.17, 15) is 18.4 Å². The molecule has 2 N–H and O–H groups in total. The average molecular weight is 270 g/mol. The van der Waals surface area contributed by atoms with E-state index in [1.807, 2.05) is 0 Å². The van der Waals surface area contributed by atoms with Crippen LogP contribution < -0.4 is 10.6 Å². The zero-order valence-corrected chi connectivity index (χ0v) is 11.0. The fourth-order valence-corrected chi connectivity index (χ4v) is 1.39. The monoisotopic (exact) mass is 270 g/mol. The number of hydrogen-bond donors (Lipinski definition) is 2. The average Bonchev–Trinajstić information content (AvgIpc) is 2.20. The first-order chi connectivity index (χ1) is 8.67. The first kappa shape index (κ1) is 15.1. The number of rotatable bonds is 3. The molecule has 1 aromatic rings. The smallest absolute Gasteiger partial charge is 0.233 e. The number of hydrogen-bond acceptors (Lipinski definition) is 2. The van der Waals surface area contributed by atoms with Crippen molar-refractivity contribution in [3.05, 3.63) is 29.8 Å². The van der Waals surface area contributed by atoms with Crippen molar-refractivity contribution in [1.29, 1.82) is 0 Å². The molecule has 0 aliphatic rings. The van der Waals surface area contributed by atoms with Crippen molar-refractivity contribution in [1.82, 2.24) is 5.32 Å². The first-order valence-electron chi connectivity index (χ1n) is 5.73. The number of nitrogens with one attached hydrogen (secondary N) is 2. The Hall–Kier alpha value is -1.98. The van der Waals surface area contributed by atoms with Crippen LogP contribution in [0.1, 0.15) is 27.2 Å². The van der Waals surface area contributed by atoms with Gasteiger partial charge in [-0.15, -0.1) is 0 Å². The molecule has 0 fully saturated rings. The highest BCUT2D eigenvalue weighted by atomic mass is 19.2. The molecule has 0 atom stereocenters. The molecule has 0 saturated carbocycles. The molecule has 0 aliphatic carbocycles. The summed E-state index contributed by atoms with van der Waals surface area (Å²) >= 11 is 0. The van der Waals surface area contributed by atoms with Gasteiger partial charge in [0, 0.05) is 17.3 Å². The minimum absolute atomic E-state index is 0.104. The summed E-state index contributed by atoms with van der Waals surface area (Å²) in [5.74, 6) is -3.08. The number of carbonyl (C=O) groups is 2. The molecule has 1 aromatic carbocycles. The summed E-state index contributed by atoms with van der Waals surface area (Å²) in [6.45, 7) is 5.37. The zero-order valence-electron chi connectivity index (χ0n) is 11.0. The van der Waals surface area contributed by atoms with Crippen LogP contribution in [0.2, 0.25) is 0 Å². The standard InChI is InChI=1S/C13H16F2N2O2/c1-13(2,3)17-12(19)7-11(18)16-8-4-5-9(14)10(15)6-8/h4-6H,7H2,1-3H3,(H,16,18)(H,17,19). The van der Waals surface area contributed by atoms with E-state index < -0.39 is 29.0 Å². The van der Waals surface area contributed by atoms with E-state index >= 15 is 0 Å². The Morgan fingerprint density at radius 2 is 1.74 bits per heavy atom. The number of halogens is 2. The third-order valence-corrected chi connectivity index (χ3v) is 2.04. The largest absolute Gasteiger partial charge is 0.351 e. The van der Waals surface area contributed by atoms with Gasteiger partial charge in [-0.2, -0.15) is 0 Å². The molecule has 19 heavy (non-hydrogen) atoms. The topological polar surface area (TPSA) is 58.2 Å². The van der Waals surface area contributed by atoms with Crippen molar-refractivity contribution in [2.75, 3.05) is 5.32 Å². The summed E-state index contributed by atoms with van der Waals surface area (Å²) < 4.78 is 25.6. The van der Waals surface area contributed by atoms with Gasteiger partial charge in [0.15, 0.2) is 11.6 Å². The first-order valence-corrected chi connectivity index (χ1v) is 5.73. The second-order valence-electron chi connectivity index (χ2n) is 5.15. The second kappa shape index (κ2) is 5.77. The van der Waals surface area contributed by atoms with Crippen LogP contribution in [-0.4, -0.2) is 17.4 Å². The van der Waals surface area contributed by atoms with Crippen molar-refractivity contribution in [3.8, 4) is 0 Å². The van der Waals surface area contributed by atoms with E-state index in [1.165, 1.54) is 6.07 Å². The Labute approximate surface area is 110 Å². The van der Waals surface area contributed by atoms with Crippen LogP contribution in [0.4, 0.5) is 14.5 Å². The van der Waals surface area contributed by atoms with Gasteiger partial charge in [0.25, 0.3) is 0 Å². The molecule has 0 radical (unpaired) electrons. The van der Waals surface area contributed by atoms with Gasteiger partial charge in [-0.3, -0.25) is 9.59 Å². The summed E-state index contributed by atoms with van der Waals surface area (Å²) in [6.07, 6.45) is -0.379. The van der Waals surface area contributed by atoms with Crippen LogP contribution >= 0.6 is 0 Å². The highest BCUT2D eigenvalue weighted by molar-refractivity contribution is 6.03. The maximum atomic E-state index is 12.9. The molecule has 0 unspecified atom stereocenters. The molecule has 104 valence electrons. The Balaban J connectivity index is 2.56. The molecule has 0 aromatic heterocycles. The second-order valence-corrected chi connectivity index (χ2v) is 5.15. The van der Waals surface area contributed by atoms with Crippen LogP contribution in [0.3, 0.4) is 0 Å². The lowest BCUT2D eigenvalue weighted by Gasteiger charge is -2.20. The molecule has 2 amide bonds. The lowest BCUT2D eigenvalue weighted by molar-refractivity contribution is -0.127. The molecular formula is C13H16F2N2O2. The molecule has 4 nitrogen and oxygen atoms in total. The van der Waals surface area contributed by atoms with Gasteiger partial charge in [0.1, 0.15) is 6.42 Å². The van der Waals surface area contributed by atoms with Crippen LogP contribution in [0.25, 0.3) is 0 Å². The van der Waals surface area contributed by atoms with Gasteiger partial charge < -0.3 is 10.6 Å². The van der Waals surface area contributed by atoms with Crippen molar-refractivity contribution < 1.29 is 18.4 Å². The van der Waals surface area contributed by atoms with E-state index in [2.05, 4.69) is 10.6 Å². The zero-order chi connectivity index (χ0) is 14.6. The predicted octanol–water partition coefficient (Wildman–Crippen LogP) is 2.21. The van der Waals surface area contributed by atoms with E-state index in [0.717, 1.165) is 12.1 Å². The third-order valence-electron chi connectivity index (χ3n) is 2.04. The SMILES string of the molecule is CC(C)(C)NC(=O)CC(=O)Nc1ccc(F)c(F)c1. The van der Waals surface area contributed by atoms with Crippen molar-refractivity contribution in [3.63, 3.8) is 0 Å². The molecule has 0 aliphatic heterocycles. The Morgan fingerprint density at radius 3 is 2.26 bits per heavy atom. The van der Waals surface area contributed by atoms with Crippen molar-refractivity contribution in [2.24, 2.45) is 0 Å². The maximum absolute atomic E-state index is 12.9. The van der Waals surface area contributed by atoms with E-state index in [-0.39, 0.29) is 12.1 Å². The highest BCUT2D eigenvalue weighted by Gasteiger charge is 2.16. The Kier molecular flexibility index (Phi) is 4.58. The van der Waals surface area contributed by atoms with Gasteiger partial charge in [-0.05, 0) is 32.9 Å². The normalized spacial score (nSPS) is 11.0. The fourth-order valence-electron chi connectivity index (χ4n) is 1.39. The number of benzene rings is 1. The highest BCUT2D eigenvalue weighted by Crippen LogP contribution is 2.13. The van der Waals surface area contributed by atoms with E-state index in [4.69, 9.17) is 0 Å². The van der Waals surface area contributed by atoms with Gasteiger partial charge in [-0.1, -0.05) is 0 Å². The quantitative estimate of drug-likeness (QED) is 0.827. The maximum Gasteiger partial charge on any atom is 0.233 e. The Bertz CT molecular complexity index is 496. The molecule has 6 heteroatoms. The van der Waals surface area contributed by atoms with E-state index in [0.29, 0.717) is 0 Å². The fraction of sp³-hybridized carbons (Fsp3) is 0.385. The van der Waals surface area contributed by atoms with Gasteiger partial charge in [0.05, 0.1) is 0 Å². The summed E-state index contributed by atoms with van der Waals surface area (Å²) in [6, 6.07) is 2.98. The summed E-state index contributed by atoms with van der Waals surface area (Å²) in [5.41, 5.74) is -0.327. The minimum atomic E-state index is -1.06. The van der Waals surface area contributed by atoms with Gasteiger partial charge in [-0.25, -0.2) is 8.78 Å². The van der Waals surface area contributed by atoms with Crippen LogP contribution in [0.5, 0.6) is 0 Å². The number of carbonyl (C=O) groups excluding carboxylic acids is 2. The van der Waals surface area contributed by atoms with Gasteiger partial charge >= 0.3 is 0 Å². The molecule has 1 rings (SSSR count). The lowest BCUT2D eigenvalue weighted by Crippen LogP contribution is -2.41. The molecule has 0 saturated heterocycles. The van der Waals surface area contributed by atoms with Gasteiger partial charge in [0.2, 0.25) is 11.8 Å². The van der Waals surface area contributed by atoms with Crippen LogP contribution in [0.15, 0.2) is 18.2 Å². The van der Waals surface area contributed by atoms with Crippen LogP contribution in [-0.2, 0) is 9.59 Å².